The van der Waals surface area contributed by atoms with Crippen molar-refractivity contribution in [3.63, 3.8) is 0 Å². The second-order valence-electron chi connectivity index (χ2n) is 10.1. The van der Waals surface area contributed by atoms with E-state index in [1.54, 1.807) is 23.7 Å². The van der Waals surface area contributed by atoms with Gasteiger partial charge in [-0.3, -0.25) is 4.72 Å². The van der Waals surface area contributed by atoms with Crippen LogP contribution >= 0.6 is 23.7 Å². The van der Waals surface area contributed by atoms with Crippen molar-refractivity contribution in [2.24, 2.45) is 0 Å². The van der Waals surface area contributed by atoms with Crippen LogP contribution in [0.4, 0.5) is 11.4 Å². The first kappa shape index (κ1) is 27.9. The standard InChI is InChI=1S/C28H40N2O3S2/c1-7-9-15-28(8-2)20-30(22-13-11-10-12-14-22)23-17-24(34-6)21(16-25(23)35-29-28)18-32-19-26(31)33-27(3,4)5/h10-14,16-17,29H,7-9,15,18-20H2,1-6H3. The van der Waals surface area contributed by atoms with Gasteiger partial charge in [0, 0.05) is 27.6 Å². The minimum Gasteiger partial charge on any atom is -0.458 e. The lowest BCUT2D eigenvalue weighted by Crippen LogP contribution is -2.48. The van der Waals surface area contributed by atoms with E-state index in [1.807, 2.05) is 20.8 Å². The molecule has 0 radical (unpaired) electrons. The van der Waals surface area contributed by atoms with E-state index in [9.17, 15) is 4.79 Å². The Labute approximate surface area is 219 Å². The fourth-order valence-corrected chi connectivity index (χ4v) is 5.95. The number of ether oxygens (including phenoxy) is 2. The summed E-state index contributed by atoms with van der Waals surface area (Å²) in [7, 11) is 0. The molecule has 0 saturated carbocycles. The summed E-state index contributed by atoms with van der Waals surface area (Å²) in [5.74, 6) is -0.340. The highest BCUT2D eigenvalue weighted by Crippen LogP contribution is 2.43. The van der Waals surface area contributed by atoms with Gasteiger partial charge in [0.25, 0.3) is 0 Å². The highest BCUT2D eigenvalue weighted by molar-refractivity contribution is 7.98. The summed E-state index contributed by atoms with van der Waals surface area (Å²) < 4.78 is 15.0. The summed E-state index contributed by atoms with van der Waals surface area (Å²) in [6.07, 6.45) is 6.65. The Morgan fingerprint density at radius 1 is 1.20 bits per heavy atom. The Balaban J connectivity index is 1.91. The van der Waals surface area contributed by atoms with Crippen molar-refractivity contribution in [2.45, 2.75) is 87.8 Å². The molecule has 1 atom stereocenters. The zero-order valence-electron chi connectivity index (χ0n) is 22.0. The SMILES string of the molecule is CCCCC1(CC)CN(c2ccccc2)c2cc(SC)c(COCC(=O)OC(C)(C)C)cc2SN1. The molecule has 1 aliphatic heterocycles. The van der Waals surface area contributed by atoms with Gasteiger partial charge in [0.05, 0.1) is 12.3 Å². The molecule has 1 N–H and O–H groups in total. The number of hydrogen-bond donors (Lipinski definition) is 1. The topological polar surface area (TPSA) is 50.8 Å². The Bertz CT molecular complexity index is 978. The van der Waals surface area contributed by atoms with Crippen LogP contribution in [0.15, 0.2) is 52.3 Å². The molecule has 0 amide bonds. The van der Waals surface area contributed by atoms with Crippen LogP contribution in [0.3, 0.4) is 0 Å². The molecular weight excluding hydrogens is 476 g/mol. The first-order chi connectivity index (χ1) is 16.7. The number of para-hydroxylation sites is 1. The lowest BCUT2D eigenvalue weighted by Gasteiger charge is -2.37. The van der Waals surface area contributed by atoms with E-state index >= 15 is 0 Å². The number of hydrogen-bond acceptors (Lipinski definition) is 7. The number of carbonyl (C=O) groups is 1. The number of benzene rings is 2. The lowest BCUT2D eigenvalue weighted by molar-refractivity contribution is -0.160. The van der Waals surface area contributed by atoms with E-state index in [0.29, 0.717) is 6.61 Å². The molecule has 0 spiro atoms. The molecule has 1 aliphatic rings. The lowest BCUT2D eigenvalue weighted by atomic mass is 9.89. The first-order valence-electron chi connectivity index (χ1n) is 12.5. The van der Waals surface area contributed by atoms with Crippen LogP contribution < -0.4 is 9.62 Å². The van der Waals surface area contributed by atoms with Crippen LogP contribution in [0.5, 0.6) is 0 Å². The van der Waals surface area contributed by atoms with Crippen molar-refractivity contribution < 1.29 is 14.3 Å². The summed E-state index contributed by atoms with van der Waals surface area (Å²) in [4.78, 5) is 16.9. The fraction of sp³-hybridized carbons (Fsp3) is 0.536. The minimum atomic E-state index is -0.512. The second kappa shape index (κ2) is 12.5. The largest absolute Gasteiger partial charge is 0.458 e. The van der Waals surface area contributed by atoms with Gasteiger partial charge in [-0.2, -0.15) is 0 Å². The van der Waals surface area contributed by atoms with E-state index in [0.717, 1.165) is 29.8 Å². The van der Waals surface area contributed by atoms with Crippen molar-refractivity contribution in [3.05, 3.63) is 48.0 Å². The summed E-state index contributed by atoms with van der Waals surface area (Å²) in [6.45, 7) is 11.4. The van der Waals surface area contributed by atoms with Crippen LogP contribution in [0.1, 0.15) is 65.9 Å². The average Bonchev–Trinajstić information content (AvgIpc) is 2.99. The Kier molecular flexibility index (Phi) is 9.99. The molecular formula is C28H40N2O3S2. The Morgan fingerprint density at radius 3 is 2.57 bits per heavy atom. The van der Waals surface area contributed by atoms with Gasteiger partial charge in [0.15, 0.2) is 0 Å². The van der Waals surface area contributed by atoms with E-state index in [-0.39, 0.29) is 18.1 Å². The third-order valence-corrected chi connectivity index (χ3v) is 8.04. The number of carbonyl (C=O) groups excluding carboxylic acids is 1. The predicted molar refractivity (Wildman–Crippen MR) is 149 cm³/mol. The van der Waals surface area contributed by atoms with Gasteiger partial charge >= 0.3 is 5.97 Å². The maximum atomic E-state index is 12.1. The molecule has 0 fully saturated rings. The Hall–Kier alpha value is -1.67. The van der Waals surface area contributed by atoms with Crippen LogP contribution in [-0.2, 0) is 20.9 Å². The van der Waals surface area contributed by atoms with E-state index in [1.165, 1.54) is 29.1 Å². The van der Waals surface area contributed by atoms with Crippen molar-refractivity contribution in [3.8, 4) is 0 Å². The number of rotatable bonds is 10. The maximum Gasteiger partial charge on any atom is 0.332 e. The molecule has 5 nitrogen and oxygen atoms in total. The van der Waals surface area contributed by atoms with Crippen LogP contribution in [0.2, 0.25) is 0 Å². The third-order valence-electron chi connectivity index (χ3n) is 6.14. The fourth-order valence-electron chi connectivity index (χ4n) is 4.23. The van der Waals surface area contributed by atoms with Gasteiger partial charge in [0.1, 0.15) is 12.2 Å². The van der Waals surface area contributed by atoms with Crippen molar-refractivity contribution in [1.82, 2.24) is 4.72 Å². The number of unbranched alkanes of at least 4 members (excludes halogenated alkanes) is 1. The molecule has 0 aliphatic carbocycles. The van der Waals surface area contributed by atoms with Crippen molar-refractivity contribution >= 4 is 41.1 Å². The minimum absolute atomic E-state index is 0.0163. The second-order valence-corrected chi connectivity index (χ2v) is 11.8. The van der Waals surface area contributed by atoms with Gasteiger partial charge in [-0.1, -0.05) is 44.9 Å². The molecule has 1 heterocycles. The molecule has 0 aromatic heterocycles. The van der Waals surface area contributed by atoms with Gasteiger partial charge in [-0.05, 0) is 81.6 Å². The number of nitrogens with one attached hydrogen (secondary N) is 1. The van der Waals surface area contributed by atoms with Crippen LogP contribution in [0, 0.1) is 0 Å². The molecule has 192 valence electrons. The highest BCUT2D eigenvalue weighted by Gasteiger charge is 2.35. The average molecular weight is 517 g/mol. The quantitative estimate of drug-likeness (QED) is 0.201. The normalized spacial score (nSPS) is 18.2. The highest BCUT2D eigenvalue weighted by atomic mass is 32.2. The molecule has 35 heavy (non-hydrogen) atoms. The molecule has 1 unspecified atom stereocenters. The molecule has 3 rings (SSSR count). The zero-order valence-corrected chi connectivity index (χ0v) is 23.6. The van der Waals surface area contributed by atoms with Crippen molar-refractivity contribution in [1.29, 1.82) is 0 Å². The van der Waals surface area contributed by atoms with Gasteiger partial charge < -0.3 is 14.4 Å². The molecule has 0 saturated heterocycles. The predicted octanol–water partition coefficient (Wildman–Crippen LogP) is 7.35. The number of thioether (sulfide) groups is 1. The molecule has 2 aromatic carbocycles. The van der Waals surface area contributed by atoms with Gasteiger partial charge in [0.2, 0.25) is 0 Å². The smallest absolute Gasteiger partial charge is 0.332 e. The number of fused-ring (bicyclic) bond motifs is 1. The Morgan fingerprint density at radius 2 is 1.94 bits per heavy atom. The maximum absolute atomic E-state index is 12.1. The monoisotopic (exact) mass is 516 g/mol. The summed E-state index contributed by atoms with van der Waals surface area (Å²) >= 11 is 3.43. The number of anilines is 2. The van der Waals surface area contributed by atoms with E-state index in [4.69, 9.17) is 9.47 Å². The van der Waals surface area contributed by atoms with Gasteiger partial charge in [-0.25, -0.2) is 4.79 Å². The van der Waals surface area contributed by atoms with Crippen LogP contribution in [-0.4, -0.2) is 36.5 Å². The van der Waals surface area contributed by atoms with E-state index in [2.05, 4.69) is 72.2 Å². The van der Waals surface area contributed by atoms with Crippen molar-refractivity contribution in [2.75, 3.05) is 24.3 Å². The van der Waals surface area contributed by atoms with Gasteiger partial charge in [-0.15, -0.1) is 11.8 Å². The summed E-state index contributed by atoms with van der Waals surface area (Å²) in [5, 5.41) is 0. The third kappa shape index (κ3) is 7.66. The van der Waals surface area contributed by atoms with Crippen LogP contribution in [0.25, 0.3) is 0 Å². The molecule has 0 bridgehead atoms. The number of nitrogens with zero attached hydrogens (tertiary/aromatic N) is 1. The summed E-state index contributed by atoms with van der Waals surface area (Å²) in [5.41, 5.74) is 3.00. The zero-order chi connectivity index (χ0) is 25.5. The summed E-state index contributed by atoms with van der Waals surface area (Å²) in [6, 6.07) is 15.2. The number of esters is 1. The first-order valence-corrected chi connectivity index (χ1v) is 14.5. The molecule has 2 aromatic rings. The van der Waals surface area contributed by atoms with E-state index < -0.39 is 5.60 Å². The molecule has 7 heteroatoms.